The van der Waals surface area contributed by atoms with Crippen LogP contribution in [0.2, 0.25) is 0 Å². The van der Waals surface area contributed by atoms with Crippen molar-refractivity contribution < 1.29 is 22.9 Å². The smallest absolute Gasteiger partial charge is 0.339 e. The number of fused-ring (bicyclic) bond motifs is 1. The summed E-state index contributed by atoms with van der Waals surface area (Å²) in [4.78, 5) is 22.0. The average Bonchev–Trinajstić information content (AvgIpc) is 3.40. The van der Waals surface area contributed by atoms with E-state index >= 15 is 0 Å². The minimum absolute atomic E-state index is 0.0684. The fourth-order valence-corrected chi connectivity index (χ4v) is 3.50. The Kier molecular flexibility index (Phi) is 5.18. The third-order valence-electron chi connectivity index (χ3n) is 5.23. The highest BCUT2D eigenvalue weighted by atomic mass is 19.1. The molecule has 0 unspecified atom stereocenters. The summed E-state index contributed by atoms with van der Waals surface area (Å²) < 4.78 is 29.9. The number of nitrogens with zero attached hydrogens (tertiary/aromatic N) is 3. The van der Waals surface area contributed by atoms with E-state index in [1.165, 1.54) is 12.1 Å². The van der Waals surface area contributed by atoms with Crippen LogP contribution in [0.3, 0.4) is 0 Å². The Hall–Kier alpha value is -4.33. The second-order valence-electron chi connectivity index (χ2n) is 7.47. The van der Waals surface area contributed by atoms with E-state index in [2.05, 4.69) is 15.1 Å². The molecule has 0 bridgehead atoms. The Morgan fingerprint density at radius 2 is 1.76 bits per heavy atom. The van der Waals surface area contributed by atoms with Gasteiger partial charge in [0.25, 0.3) is 5.71 Å². The summed E-state index contributed by atoms with van der Waals surface area (Å²) in [6.45, 7) is 3.42. The van der Waals surface area contributed by atoms with E-state index in [9.17, 15) is 9.18 Å². The normalized spacial score (nSPS) is 11.1. The van der Waals surface area contributed by atoms with Gasteiger partial charge in [-0.25, -0.2) is 19.2 Å². The Morgan fingerprint density at radius 1 is 1.00 bits per heavy atom. The van der Waals surface area contributed by atoms with Crippen LogP contribution in [-0.2, 0) is 11.3 Å². The van der Waals surface area contributed by atoms with Gasteiger partial charge in [-0.2, -0.15) is 0 Å². The maximum absolute atomic E-state index is 13.3. The molecule has 0 aliphatic carbocycles. The number of carbonyl (C=O) groups is 1. The molecule has 33 heavy (non-hydrogen) atoms. The Labute approximate surface area is 187 Å². The maximum Gasteiger partial charge on any atom is 0.339 e. The zero-order chi connectivity index (χ0) is 22.9. The molecule has 164 valence electrons. The summed E-state index contributed by atoms with van der Waals surface area (Å²) >= 11 is 0. The van der Waals surface area contributed by atoms with Gasteiger partial charge in [-0.05, 0) is 56.3 Å². The van der Waals surface area contributed by atoms with Crippen molar-refractivity contribution in [2.24, 2.45) is 0 Å². The number of carbonyl (C=O) groups excluding carboxylic acids is 1. The summed E-state index contributed by atoms with van der Waals surface area (Å²) in [5, 5.41) is 4.39. The third-order valence-corrected chi connectivity index (χ3v) is 5.23. The molecule has 0 aliphatic heterocycles. The van der Waals surface area contributed by atoms with Gasteiger partial charge in [-0.3, -0.25) is 0 Å². The Balaban J connectivity index is 1.44. The SMILES string of the molecule is Cc1oc(-c2ccccc2)nc1COC(=O)c1cc(-c2ccc(F)cc2)nc2onc(C)c12. The van der Waals surface area contributed by atoms with Crippen LogP contribution in [0.1, 0.15) is 27.5 Å². The topological polar surface area (TPSA) is 91.2 Å². The van der Waals surface area contributed by atoms with Crippen molar-refractivity contribution >= 4 is 17.1 Å². The van der Waals surface area contributed by atoms with E-state index in [1.54, 1.807) is 32.0 Å². The van der Waals surface area contributed by atoms with Gasteiger partial charge < -0.3 is 13.7 Å². The Bertz CT molecular complexity index is 1460. The highest BCUT2D eigenvalue weighted by Crippen LogP contribution is 2.28. The van der Waals surface area contributed by atoms with E-state index in [-0.39, 0.29) is 23.7 Å². The van der Waals surface area contributed by atoms with Crippen molar-refractivity contribution in [3.63, 3.8) is 0 Å². The van der Waals surface area contributed by atoms with Gasteiger partial charge >= 0.3 is 5.97 Å². The zero-order valence-electron chi connectivity index (χ0n) is 17.8. The van der Waals surface area contributed by atoms with Crippen LogP contribution in [-0.4, -0.2) is 21.1 Å². The summed E-state index contributed by atoms with van der Waals surface area (Å²) in [7, 11) is 0. The first-order chi connectivity index (χ1) is 16.0. The molecular weight excluding hydrogens is 425 g/mol. The quantitative estimate of drug-likeness (QED) is 0.324. The molecule has 3 heterocycles. The highest BCUT2D eigenvalue weighted by Gasteiger charge is 2.22. The van der Waals surface area contributed by atoms with Gasteiger partial charge in [-0.1, -0.05) is 23.4 Å². The van der Waals surface area contributed by atoms with E-state index in [0.29, 0.717) is 39.7 Å². The lowest BCUT2D eigenvalue weighted by molar-refractivity contribution is 0.0469. The number of ether oxygens (including phenoxy) is 1. The number of benzene rings is 2. The molecule has 0 radical (unpaired) electrons. The molecule has 0 fully saturated rings. The first-order valence-electron chi connectivity index (χ1n) is 10.2. The van der Waals surface area contributed by atoms with Crippen molar-refractivity contribution in [2.45, 2.75) is 20.5 Å². The monoisotopic (exact) mass is 443 g/mol. The minimum atomic E-state index is -0.583. The molecule has 3 aromatic heterocycles. The number of pyridine rings is 1. The van der Waals surface area contributed by atoms with Gasteiger partial charge in [0, 0.05) is 11.1 Å². The third kappa shape index (κ3) is 3.98. The van der Waals surface area contributed by atoms with E-state index in [4.69, 9.17) is 13.7 Å². The Morgan fingerprint density at radius 3 is 2.52 bits per heavy atom. The lowest BCUT2D eigenvalue weighted by atomic mass is 10.1. The molecular formula is C25H18FN3O4. The summed E-state index contributed by atoms with van der Waals surface area (Å²) in [5.74, 6) is 0.0714. The largest absolute Gasteiger partial charge is 0.455 e. The van der Waals surface area contributed by atoms with Gasteiger partial charge in [-0.15, -0.1) is 0 Å². The van der Waals surface area contributed by atoms with Crippen LogP contribution in [0.4, 0.5) is 4.39 Å². The van der Waals surface area contributed by atoms with E-state index in [1.807, 2.05) is 30.3 Å². The first-order valence-corrected chi connectivity index (χ1v) is 10.2. The number of halogens is 1. The zero-order valence-corrected chi connectivity index (χ0v) is 17.8. The predicted molar refractivity (Wildman–Crippen MR) is 118 cm³/mol. The fourth-order valence-electron chi connectivity index (χ4n) is 3.50. The van der Waals surface area contributed by atoms with Gasteiger partial charge in [0.2, 0.25) is 5.89 Å². The number of aryl methyl sites for hydroxylation is 2. The van der Waals surface area contributed by atoms with Crippen molar-refractivity contribution in [1.29, 1.82) is 0 Å². The second kappa shape index (κ2) is 8.31. The fraction of sp³-hybridized carbons (Fsp3) is 0.120. The van der Waals surface area contributed by atoms with Crippen molar-refractivity contribution in [2.75, 3.05) is 0 Å². The molecule has 7 nitrogen and oxygen atoms in total. The van der Waals surface area contributed by atoms with Crippen molar-refractivity contribution in [3.05, 3.63) is 89.2 Å². The molecule has 0 saturated carbocycles. The second-order valence-corrected chi connectivity index (χ2v) is 7.47. The highest BCUT2D eigenvalue weighted by molar-refractivity contribution is 6.04. The maximum atomic E-state index is 13.3. The van der Waals surface area contributed by atoms with Crippen LogP contribution >= 0.6 is 0 Å². The lowest BCUT2D eigenvalue weighted by Gasteiger charge is -2.07. The molecule has 0 aliphatic rings. The number of esters is 1. The molecule has 0 spiro atoms. The van der Waals surface area contributed by atoms with Crippen LogP contribution in [0.15, 0.2) is 69.6 Å². The average molecular weight is 443 g/mol. The standard InChI is InChI=1S/C25H18FN3O4/c1-14-22-19(12-20(27-24(22)33-29-14)16-8-10-18(26)11-9-16)25(30)31-13-21-15(2)32-23(28-21)17-6-4-3-5-7-17/h3-12H,13H2,1-2H3. The summed E-state index contributed by atoms with van der Waals surface area (Å²) in [6.07, 6.45) is 0. The number of hydrogen-bond donors (Lipinski definition) is 0. The molecule has 0 atom stereocenters. The summed E-state index contributed by atoms with van der Waals surface area (Å²) in [5.41, 5.74) is 3.38. The lowest BCUT2D eigenvalue weighted by Crippen LogP contribution is -2.08. The summed E-state index contributed by atoms with van der Waals surface area (Å²) in [6, 6.07) is 16.9. The molecule has 0 N–H and O–H groups in total. The van der Waals surface area contributed by atoms with E-state index in [0.717, 1.165) is 5.56 Å². The number of aromatic nitrogens is 3. The number of hydrogen-bond acceptors (Lipinski definition) is 7. The molecule has 8 heteroatoms. The van der Waals surface area contributed by atoms with Gasteiger partial charge in [0.15, 0.2) is 0 Å². The van der Waals surface area contributed by atoms with Crippen molar-refractivity contribution in [1.82, 2.24) is 15.1 Å². The molecule has 0 amide bonds. The van der Waals surface area contributed by atoms with Gasteiger partial charge in [0.05, 0.1) is 22.3 Å². The number of rotatable bonds is 5. The molecule has 0 saturated heterocycles. The number of oxazole rings is 1. The van der Waals surface area contributed by atoms with Crippen LogP contribution < -0.4 is 0 Å². The van der Waals surface area contributed by atoms with Crippen LogP contribution in [0.25, 0.3) is 33.8 Å². The van der Waals surface area contributed by atoms with Crippen LogP contribution in [0.5, 0.6) is 0 Å². The molecule has 2 aromatic carbocycles. The van der Waals surface area contributed by atoms with Gasteiger partial charge in [0.1, 0.15) is 23.9 Å². The van der Waals surface area contributed by atoms with Crippen molar-refractivity contribution in [3.8, 4) is 22.7 Å². The van der Waals surface area contributed by atoms with Crippen LogP contribution in [0, 0.1) is 19.7 Å². The first kappa shape index (κ1) is 20.6. The molecule has 5 aromatic rings. The predicted octanol–water partition coefficient (Wildman–Crippen LogP) is 5.66. The minimum Gasteiger partial charge on any atom is -0.455 e. The molecule has 5 rings (SSSR count). The van der Waals surface area contributed by atoms with E-state index < -0.39 is 5.97 Å².